The van der Waals surface area contributed by atoms with Crippen LogP contribution in [0.5, 0.6) is 5.75 Å². The number of hydrogen-bond donors (Lipinski definition) is 2. The third-order valence-electron chi connectivity index (χ3n) is 3.18. The summed E-state index contributed by atoms with van der Waals surface area (Å²) in [7, 11) is 1.54. The second-order valence-electron chi connectivity index (χ2n) is 4.85. The predicted molar refractivity (Wildman–Crippen MR) is 91.6 cm³/mol. The number of carbonyl (C=O) groups excluding carboxylic acids is 2. The molecule has 0 bridgehead atoms. The number of nitrogens with one attached hydrogen (secondary N) is 2. The smallest absolute Gasteiger partial charge is 0.243 e. The Kier molecular flexibility index (Phi) is 5.60. The van der Waals surface area contributed by atoms with Crippen molar-refractivity contribution in [2.45, 2.75) is 6.92 Å². The van der Waals surface area contributed by atoms with E-state index in [-0.39, 0.29) is 18.2 Å². The minimum absolute atomic E-state index is 0.0168. The number of benzene rings is 2. The summed E-state index contributed by atoms with van der Waals surface area (Å²) in [6, 6.07) is 12.0. The van der Waals surface area contributed by atoms with Crippen molar-refractivity contribution in [3.63, 3.8) is 0 Å². The van der Waals surface area contributed by atoms with E-state index in [0.29, 0.717) is 27.7 Å². The second-order valence-corrected chi connectivity index (χ2v) is 5.28. The topological polar surface area (TPSA) is 67.4 Å². The Morgan fingerprint density at radius 1 is 1.13 bits per heavy atom. The van der Waals surface area contributed by atoms with Gasteiger partial charge in [-0.3, -0.25) is 9.59 Å². The van der Waals surface area contributed by atoms with E-state index in [4.69, 9.17) is 16.3 Å². The zero-order chi connectivity index (χ0) is 16.8. The molecule has 2 aromatic carbocycles. The van der Waals surface area contributed by atoms with Crippen LogP contribution in [-0.4, -0.2) is 25.3 Å². The molecule has 2 N–H and O–H groups in total. The first-order valence-corrected chi connectivity index (χ1v) is 7.36. The number of halogens is 1. The summed E-state index contributed by atoms with van der Waals surface area (Å²) in [5.74, 6) is 0.206. The van der Waals surface area contributed by atoms with Crippen LogP contribution in [-0.2, 0) is 4.79 Å². The van der Waals surface area contributed by atoms with E-state index in [1.54, 1.807) is 42.5 Å². The molecule has 0 spiro atoms. The van der Waals surface area contributed by atoms with Gasteiger partial charge in [0.25, 0.3) is 0 Å². The SMILES string of the molecule is COc1ccc(Cl)cc1NCC(=O)Nc1ccccc1C(C)=O. The van der Waals surface area contributed by atoms with Gasteiger partial charge in [-0.2, -0.15) is 0 Å². The third-order valence-corrected chi connectivity index (χ3v) is 3.42. The van der Waals surface area contributed by atoms with Crippen LogP contribution >= 0.6 is 11.6 Å². The molecule has 0 aliphatic carbocycles. The maximum atomic E-state index is 12.1. The van der Waals surface area contributed by atoms with E-state index < -0.39 is 0 Å². The Balaban J connectivity index is 2.04. The zero-order valence-corrected chi connectivity index (χ0v) is 13.6. The lowest BCUT2D eigenvalue weighted by molar-refractivity contribution is -0.114. The summed E-state index contributed by atoms with van der Waals surface area (Å²) in [4.78, 5) is 23.6. The highest BCUT2D eigenvalue weighted by molar-refractivity contribution is 6.31. The van der Waals surface area contributed by atoms with Crippen molar-refractivity contribution in [1.29, 1.82) is 0 Å². The molecule has 1 amide bonds. The summed E-state index contributed by atoms with van der Waals surface area (Å²) < 4.78 is 5.20. The van der Waals surface area contributed by atoms with Crippen LogP contribution in [0.15, 0.2) is 42.5 Å². The molecule has 0 fully saturated rings. The first-order valence-electron chi connectivity index (χ1n) is 6.98. The highest BCUT2D eigenvalue weighted by Crippen LogP contribution is 2.27. The number of carbonyl (C=O) groups is 2. The molecule has 6 heteroatoms. The largest absolute Gasteiger partial charge is 0.495 e. The van der Waals surface area contributed by atoms with Gasteiger partial charge in [-0.15, -0.1) is 0 Å². The molecule has 0 atom stereocenters. The van der Waals surface area contributed by atoms with E-state index in [1.165, 1.54) is 14.0 Å². The van der Waals surface area contributed by atoms with Gasteiger partial charge in [0.2, 0.25) is 5.91 Å². The summed E-state index contributed by atoms with van der Waals surface area (Å²) in [5, 5.41) is 6.22. The predicted octanol–water partition coefficient (Wildman–Crippen LogP) is 3.60. The fraction of sp³-hybridized carbons (Fsp3) is 0.176. The molecule has 5 nitrogen and oxygen atoms in total. The number of methoxy groups -OCH3 is 1. The highest BCUT2D eigenvalue weighted by atomic mass is 35.5. The number of rotatable bonds is 6. The molecule has 0 aromatic heterocycles. The van der Waals surface area contributed by atoms with Crippen molar-refractivity contribution in [3.8, 4) is 5.75 Å². The second kappa shape index (κ2) is 7.65. The molecule has 0 saturated carbocycles. The molecule has 0 radical (unpaired) electrons. The Labute approximate surface area is 139 Å². The molecule has 0 aliphatic heterocycles. The van der Waals surface area contributed by atoms with Gasteiger partial charge in [0.15, 0.2) is 5.78 Å². The van der Waals surface area contributed by atoms with Crippen molar-refractivity contribution in [2.75, 3.05) is 24.3 Å². The van der Waals surface area contributed by atoms with Gasteiger partial charge in [0.05, 0.1) is 25.0 Å². The third kappa shape index (κ3) is 4.47. The van der Waals surface area contributed by atoms with E-state index in [1.807, 2.05) is 0 Å². The van der Waals surface area contributed by atoms with Gasteiger partial charge < -0.3 is 15.4 Å². The van der Waals surface area contributed by atoms with Crippen LogP contribution in [0.25, 0.3) is 0 Å². The van der Waals surface area contributed by atoms with E-state index in [9.17, 15) is 9.59 Å². The first kappa shape index (κ1) is 16.8. The lowest BCUT2D eigenvalue weighted by atomic mass is 10.1. The van der Waals surface area contributed by atoms with Gasteiger partial charge >= 0.3 is 0 Å². The fourth-order valence-corrected chi connectivity index (χ4v) is 2.26. The van der Waals surface area contributed by atoms with Crippen molar-refractivity contribution in [2.24, 2.45) is 0 Å². The van der Waals surface area contributed by atoms with Gasteiger partial charge in [0.1, 0.15) is 5.75 Å². The van der Waals surface area contributed by atoms with Gasteiger partial charge in [-0.1, -0.05) is 23.7 Å². The van der Waals surface area contributed by atoms with Crippen molar-refractivity contribution in [3.05, 3.63) is 53.1 Å². The number of anilines is 2. The molecule has 0 heterocycles. The highest BCUT2D eigenvalue weighted by Gasteiger charge is 2.10. The van der Waals surface area contributed by atoms with Crippen LogP contribution in [0.1, 0.15) is 17.3 Å². The minimum atomic E-state index is -0.277. The molecule has 0 unspecified atom stereocenters. The molecule has 2 aromatic rings. The van der Waals surface area contributed by atoms with Gasteiger partial charge in [-0.25, -0.2) is 0 Å². The average molecular weight is 333 g/mol. The monoisotopic (exact) mass is 332 g/mol. The molecule has 23 heavy (non-hydrogen) atoms. The summed E-state index contributed by atoms with van der Waals surface area (Å²) >= 11 is 5.94. The fourth-order valence-electron chi connectivity index (χ4n) is 2.09. The van der Waals surface area contributed by atoms with Crippen LogP contribution in [0.3, 0.4) is 0 Å². The number of hydrogen-bond acceptors (Lipinski definition) is 4. The lowest BCUT2D eigenvalue weighted by Crippen LogP contribution is -2.23. The summed E-state index contributed by atoms with van der Waals surface area (Å²) in [5.41, 5.74) is 1.58. The first-order chi connectivity index (χ1) is 11.0. The summed E-state index contributed by atoms with van der Waals surface area (Å²) in [6.45, 7) is 1.48. The number of para-hydroxylation sites is 1. The van der Waals surface area contributed by atoms with Crippen LogP contribution in [0.2, 0.25) is 5.02 Å². The quantitative estimate of drug-likeness (QED) is 0.793. The van der Waals surface area contributed by atoms with E-state index in [0.717, 1.165) is 0 Å². The molecular formula is C17H17ClN2O3. The van der Waals surface area contributed by atoms with Crippen molar-refractivity contribution >= 4 is 34.7 Å². The Bertz CT molecular complexity index is 732. The molecular weight excluding hydrogens is 316 g/mol. The Morgan fingerprint density at radius 3 is 2.57 bits per heavy atom. The number of ketones is 1. The number of amides is 1. The molecule has 0 saturated heterocycles. The van der Waals surface area contributed by atoms with Crippen molar-refractivity contribution < 1.29 is 14.3 Å². The normalized spacial score (nSPS) is 10.0. The Hall–Kier alpha value is -2.53. The van der Waals surface area contributed by atoms with Crippen LogP contribution in [0, 0.1) is 0 Å². The standard InChI is InChI=1S/C17H17ClN2O3/c1-11(21)13-5-3-4-6-14(13)20-17(22)10-19-15-9-12(18)7-8-16(15)23-2/h3-9,19H,10H2,1-2H3,(H,20,22). The average Bonchev–Trinajstić information content (AvgIpc) is 2.53. The summed E-state index contributed by atoms with van der Waals surface area (Å²) in [6.07, 6.45) is 0. The maximum absolute atomic E-state index is 12.1. The van der Waals surface area contributed by atoms with Crippen LogP contribution < -0.4 is 15.4 Å². The minimum Gasteiger partial charge on any atom is -0.495 e. The molecule has 2 rings (SSSR count). The lowest BCUT2D eigenvalue weighted by Gasteiger charge is -2.12. The van der Waals surface area contributed by atoms with Gasteiger partial charge in [-0.05, 0) is 37.3 Å². The molecule has 0 aliphatic rings. The molecule has 120 valence electrons. The van der Waals surface area contributed by atoms with Crippen molar-refractivity contribution in [1.82, 2.24) is 0 Å². The van der Waals surface area contributed by atoms with Gasteiger partial charge in [0, 0.05) is 10.6 Å². The maximum Gasteiger partial charge on any atom is 0.243 e. The van der Waals surface area contributed by atoms with E-state index in [2.05, 4.69) is 10.6 Å². The van der Waals surface area contributed by atoms with E-state index >= 15 is 0 Å². The number of ether oxygens (including phenoxy) is 1. The number of Topliss-reactive ketones (excluding diaryl/α,β-unsaturated/α-hetero) is 1. The Morgan fingerprint density at radius 2 is 1.87 bits per heavy atom. The van der Waals surface area contributed by atoms with Crippen LogP contribution in [0.4, 0.5) is 11.4 Å². The zero-order valence-electron chi connectivity index (χ0n) is 12.9.